The number of rotatable bonds is 4. The molecule has 9 heteroatoms. The van der Waals surface area contributed by atoms with Gasteiger partial charge in [-0.15, -0.1) is 0 Å². The van der Waals surface area contributed by atoms with Gasteiger partial charge in [-0.3, -0.25) is 4.79 Å². The van der Waals surface area contributed by atoms with E-state index < -0.39 is 5.82 Å². The fourth-order valence-corrected chi connectivity index (χ4v) is 3.81. The lowest BCUT2D eigenvalue weighted by molar-refractivity contribution is -0.130. The Morgan fingerprint density at radius 3 is 2.55 bits per heavy atom. The molecule has 2 aliphatic rings. The summed E-state index contributed by atoms with van der Waals surface area (Å²) < 4.78 is 19.3. The summed E-state index contributed by atoms with van der Waals surface area (Å²) in [5, 5.41) is 0.286. The molecule has 4 rings (SSSR count). The zero-order chi connectivity index (χ0) is 20.2. The number of benzene rings is 1. The highest BCUT2D eigenvalue weighted by Crippen LogP contribution is 2.21. The van der Waals surface area contributed by atoms with Gasteiger partial charge in [-0.1, -0.05) is 17.7 Å². The van der Waals surface area contributed by atoms with Crippen LogP contribution in [0.2, 0.25) is 5.02 Å². The summed E-state index contributed by atoms with van der Waals surface area (Å²) in [5.74, 6) is 0.999. The van der Waals surface area contributed by atoms with Crippen molar-refractivity contribution in [1.82, 2.24) is 14.9 Å². The van der Waals surface area contributed by atoms with Crippen molar-refractivity contribution in [3.8, 4) is 0 Å². The zero-order valence-electron chi connectivity index (χ0n) is 16.1. The first-order chi connectivity index (χ1) is 14.1. The first kappa shape index (κ1) is 19.8. The van der Waals surface area contributed by atoms with Crippen molar-refractivity contribution >= 4 is 29.3 Å². The number of piperazine rings is 1. The van der Waals surface area contributed by atoms with Crippen molar-refractivity contribution in [1.29, 1.82) is 0 Å². The summed E-state index contributed by atoms with van der Waals surface area (Å²) in [6.07, 6.45) is 1.74. The molecular formula is C20H23ClFN5O2. The number of nitrogens with zero attached hydrogens (tertiary/aromatic N) is 5. The van der Waals surface area contributed by atoms with Crippen molar-refractivity contribution in [2.45, 2.75) is 6.42 Å². The summed E-state index contributed by atoms with van der Waals surface area (Å²) in [6.45, 7) is 5.37. The van der Waals surface area contributed by atoms with E-state index in [9.17, 15) is 9.18 Å². The maximum atomic E-state index is 14.0. The van der Waals surface area contributed by atoms with Crippen LogP contribution in [0.15, 0.2) is 30.5 Å². The molecular weight excluding hydrogens is 397 g/mol. The van der Waals surface area contributed by atoms with Crippen LogP contribution in [0.5, 0.6) is 0 Å². The number of morpholine rings is 1. The second-order valence-electron chi connectivity index (χ2n) is 7.06. The van der Waals surface area contributed by atoms with E-state index in [1.807, 2.05) is 6.07 Å². The first-order valence-corrected chi connectivity index (χ1v) is 10.1. The third-order valence-corrected chi connectivity index (χ3v) is 5.62. The highest BCUT2D eigenvalue weighted by Gasteiger charge is 2.24. The Labute approximate surface area is 174 Å². The van der Waals surface area contributed by atoms with Crippen LogP contribution in [0, 0.1) is 5.82 Å². The zero-order valence-corrected chi connectivity index (χ0v) is 16.8. The number of hydrogen-bond donors (Lipinski definition) is 0. The number of aromatic nitrogens is 2. The Kier molecular flexibility index (Phi) is 6.10. The van der Waals surface area contributed by atoms with E-state index in [-0.39, 0.29) is 22.9 Å². The second-order valence-corrected chi connectivity index (χ2v) is 7.47. The number of amides is 1. The average molecular weight is 420 g/mol. The largest absolute Gasteiger partial charge is 0.378 e. The van der Waals surface area contributed by atoms with E-state index in [2.05, 4.69) is 14.8 Å². The van der Waals surface area contributed by atoms with Gasteiger partial charge in [-0.2, -0.15) is 4.98 Å². The van der Waals surface area contributed by atoms with Crippen molar-refractivity contribution in [3.63, 3.8) is 0 Å². The van der Waals surface area contributed by atoms with Gasteiger partial charge < -0.3 is 19.4 Å². The summed E-state index contributed by atoms with van der Waals surface area (Å²) in [5.41, 5.74) is 0.257. The third kappa shape index (κ3) is 4.59. The fourth-order valence-electron chi connectivity index (χ4n) is 3.58. The summed E-state index contributed by atoms with van der Waals surface area (Å²) in [6, 6.07) is 6.36. The van der Waals surface area contributed by atoms with Crippen molar-refractivity contribution < 1.29 is 13.9 Å². The molecule has 0 unspecified atom stereocenters. The Morgan fingerprint density at radius 2 is 1.83 bits per heavy atom. The van der Waals surface area contributed by atoms with Crippen LogP contribution in [0.1, 0.15) is 5.56 Å². The molecule has 2 aliphatic heterocycles. The van der Waals surface area contributed by atoms with Crippen molar-refractivity contribution in [2.24, 2.45) is 0 Å². The molecule has 0 radical (unpaired) electrons. The molecule has 3 heterocycles. The molecule has 0 spiro atoms. The topological polar surface area (TPSA) is 61.8 Å². The molecule has 0 aliphatic carbocycles. The predicted octanol–water partition coefficient (Wildman–Crippen LogP) is 2.00. The van der Waals surface area contributed by atoms with E-state index in [4.69, 9.17) is 21.3 Å². The summed E-state index contributed by atoms with van der Waals surface area (Å²) in [4.78, 5) is 27.7. The standard InChI is InChI=1S/C20H23ClFN5O2/c21-16-2-1-3-17(22)15(16)14-19(28)26-8-6-25(7-9-26)18-4-5-23-20(24-18)27-10-12-29-13-11-27/h1-5H,6-14H2. The molecule has 2 fully saturated rings. The lowest BCUT2D eigenvalue weighted by atomic mass is 10.1. The number of carbonyl (C=O) groups excluding carboxylic acids is 1. The summed E-state index contributed by atoms with van der Waals surface area (Å²) >= 11 is 6.05. The Hall–Kier alpha value is -2.45. The van der Waals surface area contributed by atoms with Crippen LogP contribution in [-0.4, -0.2) is 73.3 Å². The molecule has 2 aromatic rings. The smallest absolute Gasteiger partial charge is 0.227 e. The van der Waals surface area contributed by atoms with E-state index in [1.54, 1.807) is 17.2 Å². The SMILES string of the molecule is O=C(Cc1c(F)cccc1Cl)N1CCN(c2ccnc(N3CCOCC3)n2)CC1. The van der Waals surface area contributed by atoms with Crippen LogP contribution in [-0.2, 0) is 16.0 Å². The summed E-state index contributed by atoms with van der Waals surface area (Å²) in [7, 11) is 0. The quantitative estimate of drug-likeness (QED) is 0.755. The first-order valence-electron chi connectivity index (χ1n) is 9.73. The van der Waals surface area contributed by atoms with Gasteiger partial charge >= 0.3 is 0 Å². The van der Waals surface area contributed by atoms with E-state index in [1.165, 1.54) is 12.1 Å². The molecule has 29 heavy (non-hydrogen) atoms. The van der Waals surface area contributed by atoms with Gasteiger partial charge in [0.25, 0.3) is 0 Å². The van der Waals surface area contributed by atoms with Crippen LogP contribution in [0.25, 0.3) is 0 Å². The van der Waals surface area contributed by atoms with Gasteiger partial charge in [0.05, 0.1) is 19.6 Å². The number of hydrogen-bond acceptors (Lipinski definition) is 6. The fraction of sp³-hybridized carbons (Fsp3) is 0.450. The maximum Gasteiger partial charge on any atom is 0.227 e. The van der Waals surface area contributed by atoms with Gasteiger partial charge in [-0.25, -0.2) is 9.37 Å². The van der Waals surface area contributed by atoms with Gasteiger partial charge in [0.15, 0.2) is 0 Å². The minimum Gasteiger partial charge on any atom is -0.378 e. The molecule has 0 bridgehead atoms. The molecule has 0 N–H and O–H groups in total. The minimum atomic E-state index is -0.443. The number of halogens is 2. The third-order valence-electron chi connectivity index (χ3n) is 5.27. The Balaban J connectivity index is 1.36. The Morgan fingerprint density at radius 1 is 1.07 bits per heavy atom. The predicted molar refractivity (Wildman–Crippen MR) is 109 cm³/mol. The number of anilines is 2. The molecule has 1 aromatic carbocycles. The van der Waals surface area contributed by atoms with Gasteiger partial charge in [0, 0.05) is 56.1 Å². The second kappa shape index (κ2) is 8.92. The van der Waals surface area contributed by atoms with Crippen LogP contribution >= 0.6 is 11.6 Å². The van der Waals surface area contributed by atoms with Crippen LogP contribution < -0.4 is 9.80 Å². The molecule has 1 amide bonds. The van der Waals surface area contributed by atoms with Crippen LogP contribution in [0.3, 0.4) is 0 Å². The molecule has 7 nitrogen and oxygen atoms in total. The molecule has 2 saturated heterocycles. The van der Waals surface area contributed by atoms with Crippen molar-refractivity contribution in [2.75, 3.05) is 62.3 Å². The van der Waals surface area contributed by atoms with Crippen LogP contribution in [0.4, 0.5) is 16.2 Å². The highest BCUT2D eigenvalue weighted by molar-refractivity contribution is 6.31. The highest BCUT2D eigenvalue weighted by atomic mass is 35.5. The van der Waals surface area contributed by atoms with Gasteiger partial charge in [0.1, 0.15) is 11.6 Å². The lowest BCUT2D eigenvalue weighted by Gasteiger charge is -2.36. The maximum absolute atomic E-state index is 14.0. The molecule has 1 aromatic heterocycles. The molecule has 0 atom stereocenters. The van der Waals surface area contributed by atoms with E-state index in [0.717, 1.165) is 18.9 Å². The number of carbonyl (C=O) groups is 1. The van der Waals surface area contributed by atoms with Gasteiger partial charge in [-0.05, 0) is 18.2 Å². The molecule has 0 saturated carbocycles. The normalized spacial score (nSPS) is 17.5. The minimum absolute atomic E-state index is 0.0276. The molecule has 154 valence electrons. The lowest BCUT2D eigenvalue weighted by Crippen LogP contribution is -2.49. The average Bonchev–Trinajstić information content (AvgIpc) is 2.77. The van der Waals surface area contributed by atoms with E-state index >= 15 is 0 Å². The Bertz CT molecular complexity index is 849. The monoisotopic (exact) mass is 419 g/mol. The van der Waals surface area contributed by atoms with Gasteiger partial charge in [0.2, 0.25) is 11.9 Å². The number of ether oxygens (including phenoxy) is 1. The van der Waals surface area contributed by atoms with E-state index in [0.29, 0.717) is 45.3 Å². The van der Waals surface area contributed by atoms with Crippen molar-refractivity contribution in [3.05, 3.63) is 46.9 Å².